The van der Waals surface area contributed by atoms with E-state index in [2.05, 4.69) is 0 Å². The average molecular weight is 285 g/mol. The second-order valence-electron chi connectivity index (χ2n) is 4.37. The third kappa shape index (κ3) is 2.77. The molecule has 0 aliphatic carbocycles. The van der Waals surface area contributed by atoms with Gasteiger partial charge in [0.25, 0.3) is 0 Å². The minimum atomic E-state index is -0.971. The molecule has 1 aromatic carbocycles. The Kier molecular flexibility index (Phi) is 4.29. The van der Waals surface area contributed by atoms with E-state index in [-0.39, 0.29) is 24.3 Å². The smallest absolute Gasteiger partial charge is 0.303 e. The van der Waals surface area contributed by atoms with Crippen LogP contribution >= 0.6 is 0 Å². The SMILES string of the molecule is COc1c(F)cc2c(c1C(N)CCC(=O)O)OCCO2. The summed E-state index contributed by atoms with van der Waals surface area (Å²) in [6, 6.07) is 0.466. The van der Waals surface area contributed by atoms with E-state index in [9.17, 15) is 9.18 Å². The van der Waals surface area contributed by atoms with Crippen LogP contribution in [0.2, 0.25) is 0 Å². The molecule has 0 bridgehead atoms. The van der Waals surface area contributed by atoms with Gasteiger partial charge in [0.05, 0.1) is 12.7 Å². The highest BCUT2D eigenvalue weighted by atomic mass is 19.1. The van der Waals surface area contributed by atoms with Crippen molar-refractivity contribution >= 4 is 5.97 Å². The monoisotopic (exact) mass is 285 g/mol. The van der Waals surface area contributed by atoms with Crippen LogP contribution in [0.25, 0.3) is 0 Å². The van der Waals surface area contributed by atoms with Gasteiger partial charge in [-0.2, -0.15) is 0 Å². The number of fused-ring (bicyclic) bond motifs is 1. The summed E-state index contributed by atoms with van der Waals surface area (Å²) in [7, 11) is 1.32. The molecule has 0 aromatic heterocycles. The number of rotatable bonds is 5. The van der Waals surface area contributed by atoms with E-state index in [1.807, 2.05) is 0 Å². The molecule has 20 heavy (non-hydrogen) atoms. The van der Waals surface area contributed by atoms with Crippen LogP contribution in [0.15, 0.2) is 6.07 Å². The van der Waals surface area contributed by atoms with Crippen LogP contribution in [0.3, 0.4) is 0 Å². The van der Waals surface area contributed by atoms with Crippen LogP contribution in [0, 0.1) is 5.82 Å². The maximum atomic E-state index is 14.0. The van der Waals surface area contributed by atoms with E-state index in [1.165, 1.54) is 13.2 Å². The normalized spacial score (nSPS) is 14.8. The molecule has 0 fully saturated rings. The highest BCUT2D eigenvalue weighted by Crippen LogP contribution is 2.44. The van der Waals surface area contributed by atoms with Gasteiger partial charge in [0.1, 0.15) is 13.2 Å². The van der Waals surface area contributed by atoms with Crippen molar-refractivity contribution in [1.29, 1.82) is 0 Å². The number of benzene rings is 1. The summed E-state index contributed by atoms with van der Waals surface area (Å²) in [4.78, 5) is 10.6. The first kappa shape index (κ1) is 14.4. The molecule has 1 aromatic rings. The van der Waals surface area contributed by atoms with Crippen molar-refractivity contribution in [3.63, 3.8) is 0 Å². The van der Waals surface area contributed by atoms with E-state index >= 15 is 0 Å². The van der Waals surface area contributed by atoms with E-state index < -0.39 is 17.8 Å². The van der Waals surface area contributed by atoms with E-state index in [1.54, 1.807) is 0 Å². The maximum Gasteiger partial charge on any atom is 0.303 e. The molecule has 0 amide bonds. The highest BCUT2D eigenvalue weighted by molar-refractivity contribution is 5.67. The zero-order valence-electron chi connectivity index (χ0n) is 11.0. The molecule has 7 heteroatoms. The third-order valence-corrected chi connectivity index (χ3v) is 3.02. The quantitative estimate of drug-likeness (QED) is 0.851. The van der Waals surface area contributed by atoms with Gasteiger partial charge in [0.15, 0.2) is 23.1 Å². The number of nitrogens with two attached hydrogens (primary N) is 1. The van der Waals surface area contributed by atoms with Gasteiger partial charge in [-0.25, -0.2) is 4.39 Å². The Morgan fingerprint density at radius 2 is 2.25 bits per heavy atom. The zero-order chi connectivity index (χ0) is 14.7. The van der Waals surface area contributed by atoms with Crippen LogP contribution < -0.4 is 19.9 Å². The fraction of sp³-hybridized carbons (Fsp3) is 0.462. The van der Waals surface area contributed by atoms with Gasteiger partial charge in [-0.1, -0.05) is 0 Å². The van der Waals surface area contributed by atoms with E-state index in [4.69, 9.17) is 25.1 Å². The summed E-state index contributed by atoms with van der Waals surface area (Å²) in [5, 5.41) is 8.71. The van der Waals surface area contributed by atoms with Crippen molar-refractivity contribution in [2.75, 3.05) is 20.3 Å². The van der Waals surface area contributed by atoms with Crippen LogP contribution in [-0.4, -0.2) is 31.4 Å². The van der Waals surface area contributed by atoms with Crippen LogP contribution in [-0.2, 0) is 4.79 Å². The summed E-state index contributed by atoms with van der Waals surface area (Å²) in [6.07, 6.45) is 0.0153. The number of hydrogen-bond donors (Lipinski definition) is 2. The lowest BCUT2D eigenvalue weighted by Gasteiger charge is -2.25. The molecule has 6 nitrogen and oxygen atoms in total. The first-order chi connectivity index (χ1) is 9.54. The van der Waals surface area contributed by atoms with Crippen molar-refractivity contribution < 1.29 is 28.5 Å². The van der Waals surface area contributed by atoms with Crippen molar-refractivity contribution in [2.45, 2.75) is 18.9 Å². The standard InChI is InChI=1S/C13H16FNO5/c1-18-12-7(14)6-9-13(20-5-4-19-9)11(12)8(15)2-3-10(16)17/h6,8H,2-5,15H2,1H3,(H,16,17). The van der Waals surface area contributed by atoms with Crippen molar-refractivity contribution in [1.82, 2.24) is 0 Å². The van der Waals surface area contributed by atoms with Crippen molar-refractivity contribution in [3.05, 3.63) is 17.4 Å². The number of carboxylic acids is 1. The Labute approximate surface area is 115 Å². The molecule has 0 saturated carbocycles. The maximum absolute atomic E-state index is 14.0. The molecule has 110 valence electrons. The number of ether oxygens (including phenoxy) is 3. The predicted molar refractivity (Wildman–Crippen MR) is 67.7 cm³/mol. The van der Waals surface area contributed by atoms with Gasteiger partial charge in [0, 0.05) is 18.5 Å². The Balaban J connectivity index is 2.42. The van der Waals surface area contributed by atoms with Gasteiger partial charge >= 0.3 is 5.97 Å². The molecule has 1 heterocycles. The largest absolute Gasteiger partial charge is 0.493 e. The lowest BCUT2D eigenvalue weighted by Crippen LogP contribution is -2.21. The van der Waals surface area contributed by atoms with Crippen molar-refractivity contribution in [2.24, 2.45) is 5.73 Å². The molecule has 1 unspecified atom stereocenters. The summed E-state index contributed by atoms with van der Waals surface area (Å²) in [5.41, 5.74) is 6.28. The fourth-order valence-electron chi connectivity index (χ4n) is 2.13. The van der Waals surface area contributed by atoms with Gasteiger partial charge in [-0.05, 0) is 6.42 Å². The van der Waals surface area contributed by atoms with Gasteiger partial charge < -0.3 is 25.1 Å². The summed E-state index contributed by atoms with van der Waals surface area (Å²) < 4.78 is 29.8. The molecule has 3 N–H and O–H groups in total. The van der Waals surface area contributed by atoms with Crippen molar-refractivity contribution in [3.8, 4) is 17.2 Å². The molecule has 1 aliphatic rings. The van der Waals surface area contributed by atoms with E-state index in [0.29, 0.717) is 24.5 Å². The Hall–Kier alpha value is -2.02. The molecule has 0 radical (unpaired) electrons. The summed E-state index contributed by atoms with van der Waals surface area (Å²) in [5.74, 6) is -1.03. The molecule has 0 saturated heterocycles. The highest BCUT2D eigenvalue weighted by Gasteiger charge is 2.28. The first-order valence-electron chi connectivity index (χ1n) is 6.18. The Morgan fingerprint density at radius 1 is 1.55 bits per heavy atom. The summed E-state index contributed by atoms with van der Waals surface area (Å²) in [6.45, 7) is 0.642. The zero-order valence-corrected chi connectivity index (χ0v) is 11.0. The third-order valence-electron chi connectivity index (χ3n) is 3.02. The Morgan fingerprint density at radius 3 is 2.90 bits per heavy atom. The minimum absolute atomic E-state index is 0.0351. The van der Waals surface area contributed by atoms with Crippen LogP contribution in [0.5, 0.6) is 17.2 Å². The topological polar surface area (TPSA) is 91.0 Å². The van der Waals surface area contributed by atoms with Gasteiger partial charge in [0.2, 0.25) is 0 Å². The van der Waals surface area contributed by atoms with Gasteiger partial charge in [-0.3, -0.25) is 4.79 Å². The fourth-order valence-corrected chi connectivity index (χ4v) is 2.13. The molecular weight excluding hydrogens is 269 g/mol. The molecule has 2 rings (SSSR count). The van der Waals surface area contributed by atoms with Crippen LogP contribution in [0.4, 0.5) is 4.39 Å². The molecular formula is C13H16FNO5. The number of methoxy groups -OCH3 is 1. The number of carboxylic acid groups (broad SMARTS) is 1. The molecule has 1 aliphatic heterocycles. The average Bonchev–Trinajstić information content (AvgIpc) is 2.43. The number of aliphatic carboxylic acids is 1. The summed E-state index contributed by atoms with van der Waals surface area (Å²) >= 11 is 0. The number of hydrogen-bond acceptors (Lipinski definition) is 5. The Bertz CT molecular complexity index is 520. The lowest BCUT2D eigenvalue weighted by atomic mass is 9.99. The number of halogens is 1. The molecule has 1 atom stereocenters. The first-order valence-corrected chi connectivity index (χ1v) is 6.18. The molecule has 0 spiro atoms. The second-order valence-corrected chi connectivity index (χ2v) is 4.37. The predicted octanol–water partition coefficient (Wildman–Crippen LogP) is 1.47. The second kappa shape index (κ2) is 5.96. The van der Waals surface area contributed by atoms with E-state index in [0.717, 1.165) is 0 Å². The van der Waals surface area contributed by atoms with Crippen LogP contribution in [0.1, 0.15) is 24.4 Å². The lowest BCUT2D eigenvalue weighted by molar-refractivity contribution is -0.137. The minimum Gasteiger partial charge on any atom is -0.493 e. The number of carbonyl (C=O) groups is 1. The van der Waals surface area contributed by atoms with Gasteiger partial charge in [-0.15, -0.1) is 0 Å².